The number of aromatic nitrogens is 1. The quantitative estimate of drug-likeness (QED) is 0.430. The molecule has 33 heavy (non-hydrogen) atoms. The van der Waals surface area contributed by atoms with E-state index >= 15 is 0 Å². The Morgan fingerprint density at radius 2 is 1.76 bits per heavy atom. The number of carbonyl (C=O) groups excluding carboxylic acids is 3. The maximum atomic E-state index is 13.0. The Hall–Kier alpha value is -3.91. The molecule has 5 rings (SSSR count). The number of nitrogens with zero attached hydrogens (tertiary/aromatic N) is 2. The normalized spacial score (nSPS) is 15.9. The Bertz CT molecular complexity index is 1330. The van der Waals surface area contributed by atoms with Crippen molar-refractivity contribution in [3.63, 3.8) is 0 Å². The summed E-state index contributed by atoms with van der Waals surface area (Å²) in [4.78, 5) is 43.4. The van der Waals surface area contributed by atoms with Gasteiger partial charge in [0.15, 0.2) is 5.58 Å². The molecule has 1 N–H and O–H groups in total. The smallest absolute Gasteiger partial charge is 0.247 e. The Morgan fingerprint density at radius 3 is 2.45 bits per heavy atom. The third-order valence-corrected chi connectivity index (χ3v) is 6.42. The summed E-state index contributed by atoms with van der Waals surface area (Å²) in [7, 11) is 0. The number of nitrogens with one attached hydrogen (secondary N) is 1. The summed E-state index contributed by atoms with van der Waals surface area (Å²) in [5, 5.41) is 2.21. The van der Waals surface area contributed by atoms with Crippen molar-refractivity contribution in [3.8, 4) is 11.5 Å². The van der Waals surface area contributed by atoms with E-state index in [9.17, 15) is 14.4 Å². The molecule has 0 bridgehead atoms. The summed E-state index contributed by atoms with van der Waals surface area (Å²) in [6.07, 6.45) is 0.129. The topological polar surface area (TPSA) is 92.5 Å². The molecule has 0 aliphatic carbocycles. The molecule has 4 aromatic rings. The minimum Gasteiger partial charge on any atom is -0.436 e. The average Bonchev–Trinajstić information content (AvgIpc) is 3.35. The Morgan fingerprint density at radius 1 is 1.03 bits per heavy atom. The first-order valence-corrected chi connectivity index (χ1v) is 11.2. The highest BCUT2D eigenvalue weighted by molar-refractivity contribution is 8.00. The highest BCUT2D eigenvalue weighted by Crippen LogP contribution is 2.35. The average molecular weight is 458 g/mol. The van der Waals surface area contributed by atoms with Crippen LogP contribution in [0.2, 0.25) is 0 Å². The molecule has 1 aromatic heterocycles. The molecule has 0 radical (unpaired) electrons. The van der Waals surface area contributed by atoms with E-state index in [4.69, 9.17) is 4.42 Å². The molecule has 1 atom stereocenters. The lowest BCUT2D eigenvalue weighted by Crippen LogP contribution is -2.31. The molecule has 7 nitrogen and oxygen atoms in total. The van der Waals surface area contributed by atoms with Gasteiger partial charge >= 0.3 is 0 Å². The van der Waals surface area contributed by atoms with Gasteiger partial charge in [0.1, 0.15) is 5.52 Å². The second kappa shape index (κ2) is 8.55. The molecule has 1 unspecified atom stereocenters. The summed E-state index contributed by atoms with van der Waals surface area (Å²) < 4.78 is 5.79. The van der Waals surface area contributed by atoms with Crippen LogP contribution in [0.15, 0.2) is 82.1 Å². The number of thioether (sulfide) groups is 1. The third-order valence-electron chi connectivity index (χ3n) is 5.22. The molecule has 1 aliphatic heterocycles. The zero-order valence-electron chi connectivity index (χ0n) is 17.6. The molecule has 1 saturated heterocycles. The van der Waals surface area contributed by atoms with Crippen LogP contribution in [-0.4, -0.2) is 28.0 Å². The minimum absolute atomic E-state index is 0.129. The largest absolute Gasteiger partial charge is 0.436 e. The van der Waals surface area contributed by atoms with E-state index in [1.807, 2.05) is 36.4 Å². The molecule has 0 saturated carbocycles. The van der Waals surface area contributed by atoms with Gasteiger partial charge in [-0.1, -0.05) is 12.1 Å². The van der Waals surface area contributed by atoms with E-state index < -0.39 is 5.25 Å². The van der Waals surface area contributed by atoms with E-state index in [2.05, 4.69) is 10.3 Å². The third kappa shape index (κ3) is 4.25. The Balaban J connectivity index is 1.31. The number of hydrogen-bond acceptors (Lipinski definition) is 6. The summed E-state index contributed by atoms with van der Waals surface area (Å²) >= 11 is 1.34. The summed E-state index contributed by atoms with van der Waals surface area (Å²) in [5.74, 6) is -0.143. The van der Waals surface area contributed by atoms with Crippen molar-refractivity contribution >= 4 is 52.0 Å². The summed E-state index contributed by atoms with van der Waals surface area (Å²) in [5.41, 5.74) is 3.44. The highest BCUT2D eigenvalue weighted by atomic mass is 32.2. The lowest BCUT2D eigenvalue weighted by molar-refractivity contribution is -0.121. The number of hydrogen-bond donors (Lipinski definition) is 1. The van der Waals surface area contributed by atoms with Crippen LogP contribution >= 0.6 is 11.8 Å². The predicted molar refractivity (Wildman–Crippen MR) is 127 cm³/mol. The van der Waals surface area contributed by atoms with Crippen LogP contribution in [0, 0.1) is 0 Å². The van der Waals surface area contributed by atoms with Gasteiger partial charge < -0.3 is 9.73 Å². The number of carbonyl (C=O) groups is 3. The Kier molecular flexibility index (Phi) is 5.43. The van der Waals surface area contributed by atoms with E-state index in [-0.39, 0.29) is 24.1 Å². The first-order valence-electron chi connectivity index (χ1n) is 10.3. The number of fused-ring (bicyclic) bond motifs is 1. The second-order valence-electron chi connectivity index (χ2n) is 7.62. The van der Waals surface area contributed by atoms with Crippen LogP contribution in [0.4, 0.5) is 11.4 Å². The van der Waals surface area contributed by atoms with Crippen molar-refractivity contribution in [2.24, 2.45) is 0 Å². The van der Waals surface area contributed by atoms with Crippen LogP contribution in [-0.2, 0) is 14.4 Å². The molecular weight excluding hydrogens is 438 g/mol. The van der Waals surface area contributed by atoms with Crippen molar-refractivity contribution in [1.29, 1.82) is 0 Å². The fourth-order valence-electron chi connectivity index (χ4n) is 3.70. The first kappa shape index (κ1) is 21.0. The molecule has 2 heterocycles. The zero-order chi connectivity index (χ0) is 22.9. The molecule has 0 spiro atoms. The standard InChI is InChI=1S/C25H19N3O4S/c1-15(29)26-17-8-12-19(13-9-17)33-22-14-23(30)28(25(22)31)18-10-6-16(7-11-18)24-27-20-4-2-3-5-21(20)32-24/h2-13,22H,14H2,1H3,(H,26,29). The first-order chi connectivity index (χ1) is 16.0. The molecule has 1 fully saturated rings. The maximum Gasteiger partial charge on any atom is 0.247 e. The van der Waals surface area contributed by atoms with Gasteiger partial charge in [0, 0.05) is 29.5 Å². The van der Waals surface area contributed by atoms with Crippen molar-refractivity contribution in [2.45, 2.75) is 23.5 Å². The number of imide groups is 1. The second-order valence-corrected chi connectivity index (χ2v) is 8.89. The van der Waals surface area contributed by atoms with Crippen molar-refractivity contribution in [3.05, 3.63) is 72.8 Å². The molecule has 3 amide bonds. The lowest BCUT2D eigenvalue weighted by Gasteiger charge is -2.15. The van der Waals surface area contributed by atoms with Gasteiger partial charge in [0.25, 0.3) is 0 Å². The lowest BCUT2D eigenvalue weighted by atomic mass is 10.2. The van der Waals surface area contributed by atoms with E-state index in [1.165, 1.54) is 23.6 Å². The van der Waals surface area contributed by atoms with Gasteiger partial charge in [-0.2, -0.15) is 0 Å². The number of benzene rings is 3. The minimum atomic E-state index is -0.499. The van der Waals surface area contributed by atoms with Gasteiger partial charge in [0.05, 0.1) is 10.9 Å². The van der Waals surface area contributed by atoms with Crippen molar-refractivity contribution < 1.29 is 18.8 Å². The highest BCUT2D eigenvalue weighted by Gasteiger charge is 2.40. The van der Waals surface area contributed by atoms with Crippen LogP contribution in [0.1, 0.15) is 13.3 Å². The van der Waals surface area contributed by atoms with Gasteiger partial charge in [-0.3, -0.25) is 14.4 Å². The zero-order valence-corrected chi connectivity index (χ0v) is 18.5. The number of oxazole rings is 1. The molecule has 1 aliphatic rings. The molecule has 164 valence electrons. The number of para-hydroxylation sites is 2. The van der Waals surface area contributed by atoms with Crippen LogP contribution in [0.25, 0.3) is 22.6 Å². The molecule has 3 aromatic carbocycles. The number of amides is 3. The fraction of sp³-hybridized carbons (Fsp3) is 0.120. The SMILES string of the molecule is CC(=O)Nc1ccc(SC2CC(=O)N(c3ccc(-c4nc5ccccc5o4)cc3)C2=O)cc1. The van der Waals surface area contributed by atoms with Crippen molar-refractivity contribution in [2.75, 3.05) is 10.2 Å². The van der Waals surface area contributed by atoms with Crippen LogP contribution in [0.5, 0.6) is 0 Å². The van der Waals surface area contributed by atoms with E-state index in [0.29, 0.717) is 22.8 Å². The van der Waals surface area contributed by atoms with Gasteiger partial charge in [-0.05, 0) is 60.7 Å². The maximum absolute atomic E-state index is 13.0. The van der Waals surface area contributed by atoms with Gasteiger partial charge in [-0.25, -0.2) is 9.88 Å². The Labute approximate surface area is 193 Å². The number of rotatable bonds is 5. The van der Waals surface area contributed by atoms with Crippen LogP contribution < -0.4 is 10.2 Å². The van der Waals surface area contributed by atoms with Gasteiger partial charge in [0.2, 0.25) is 23.6 Å². The summed E-state index contributed by atoms with van der Waals surface area (Å²) in [6.45, 7) is 1.44. The number of anilines is 2. The van der Waals surface area contributed by atoms with E-state index in [1.54, 1.807) is 36.4 Å². The predicted octanol–water partition coefficient (Wildman–Crippen LogP) is 4.88. The van der Waals surface area contributed by atoms with E-state index in [0.717, 1.165) is 16.0 Å². The van der Waals surface area contributed by atoms with Gasteiger partial charge in [-0.15, -0.1) is 11.8 Å². The van der Waals surface area contributed by atoms with Crippen molar-refractivity contribution in [1.82, 2.24) is 4.98 Å². The fourth-order valence-corrected chi connectivity index (χ4v) is 4.75. The monoisotopic (exact) mass is 457 g/mol. The molecule has 8 heteroatoms. The van der Waals surface area contributed by atoms with Crippen LogP contribution in [0.3, 0.4) is 0 Å². The summed E-state index contributed by atoms with van der Waals surface area (Å²) in [6, 6.07) is 21.8. The molecular formula is C25H19N3O4S.